The lowest BCUT2D eigenvalue weighted by Gasteiger charge is -2.28. The Bertz CT molecular complexity index is 1510. The van der Waals surface area contributed by atoms with Crippen LogP contribution in [0, 0.1) is 6.92 Å². The van der Waals surface area contributed by atoms with Crippen molar-refractivity contribution in [1.29, 1.82) is 0 Å². The average molecular weight is 581 g/mol. The van der Waals surface area contributed by atoms with Crippen LogP contribution in [0.3, 0.4) is 0 Å². The first-order chi connectivity index (χ1) is 18.2. The van der Waals surface area contributed by atoms with Gasteiger partial charge in [-0.05, 0) is 52.7 Å². The number of carbonyl (C=O) groups excluding carboxylic acids is 2. The third kappa shape index (κ3) is 5.34. The first kappa shape index (κ1) is 26.1. The second-order valence-corrected chi connectivity index (χ2v) is 10.3. The molecule has 4 aromatic rings. The molecule has 1 aromatic carbocycles. The molecule has 9 nitrogen and oxygen atoms in total. The number of aliphatic hydroxyl groups excluding tert-OH is 1. The number of hydrogen-bond acceptors (Lipinski definition) is 7. The summed E-state index contributed by atoms with van der Waals surface area (Å²) in [7, 11) is 0. The lowest BCUT2D eigenvalue weighted by atomic mass is 10.0. The molecule has 4 heterocycles. The molecule has 0 unspecified atom stereocenters. The number of nitrogens with zero attached hydrogens (tertiary/aromatic N) is 6. The zero-order chi connectivity index (χ0) is 27.0. The summed E-state index contributed by atoms with van der Waals surface area (Å²) in [5.74, 6) is 0.0320. The summed E-state index contributed by atoms with van der Waals surface area (Å²) >= 11 is 3.31. The number of rotatable bonds is 7. The molecule has 3 atom stereocenters. The number of likely N-dealkylation sites (tertiary alicyclic amines) is 1. The van der Waals surface area contributed by atoms with Crippen molar-refractivity contribution in [2.75, 3.05) is 6.54 Å². The van der Waals surface area contributed by atoms with Crippen LogP contribution < -0.4 is 0 Å². The smallest absolute Gasteiger partial charge is 0.244 e. The van der Waals surface area contributed by atoms with E-state index in [9.17, 15) is 19.1 Å². The number of halogens is 2. The molecule has 38 heavy (non-hydrogen) atoms. The van der Waals surface area contributed by atoms with Gasteiger partial charge < -0.3 is 10.0 Å². The van der Waals surface area contributed by atoms with Crippen LogP contribution in [0.1, 0.15) is 35.4 Å². The highest BCUT2D eigenvalue weighted by molar-refractivity contribution is 9.10. The molecule has 1 aliphatic heterocycles. The summed E-state index contributed by atoms with van der Waals surface area (Å²) in [6, 6.07) is 10.2. The zero-order valence-electron chi connectivity index (χ0n) is 20.9. The van der Waals surface area contributed by atoms with E-state index in [1.54, 1.807) is 43.6 Å². The van der Waals surface area contributed by atoms with Gasteiger partial charge in [-0.3, -0.25) is 14.3 Å². The van der Waals surface area contributed by atoms with Gasteiger partial charge in [-0.25, -0.2) is 19.3 Å². The summed E-state index contributed by atoms with van der Waals surface area (Å²) in [4.78, 5) is 40.0. The van der Waals surface area contributed by atoms with Crippen LogP contribution in [0.15, 0.2) is 53.4 Å². The van der Waals surface area contributed by atoms with E-state index in [1.165, 1.54) is 16.5 Å². The number of fused-ring (bicyclic) bond motifs is 1. The van der Waals surface area contributed by atoms with E-state index in [0.717, 1.165) is 11.1 Å². The van der Waals surface area contributed by atoms with E-state index in [2.05, 4.69) is 36.0 Å². The summed E-state index contributed by atoms with van der Waals surface area (Å²) in [5, 5.41) is 15.9. The van der Waals surface area contributed by atoms with Crippen LogP contribution in [-0.4, -0.2) is 71.3 Å². The minimum atomic E-state index is -1.24. The Hall–Kier alpha value is -3.57. The molecule has 11 heteroatoms. The summed E-state index contributed by atoms with van der Waals surface area (Å²) in [5.41, 5.74) is 3.09. The van der Waals surface area contributed by atoms with Gasteiger partial charge in [-0.1, -0.05) is 12.1 Å². The minimum absolute atomic E-state index is 0.0431. The summed E-state index contributed by atoms with van der Waals surface area (Å²) in [6.45, 7) is 2.92. The largest absolute Gasteiger partial charge is 0.391 e. The van der Waals surface area contributed by atoms with E-state index >= 15 is 0 Å². The molecule has 0 aliphatic carbocycles. The molecule has 1 amide bonds. The maximum absolute atomic E-state index is 14.5. The molecule has 1 saturated heterocycles. The van der Waals surface area contributed by atoms with E-state index in [4.69, 9.17) is 0 Å². The highest BCUT2D eigenvalue weighted by Gasteiger charge is 2.39. The number of pyridine rings is 1. The van der Waals surface area contributed by atoms with Gasteiger partial charge in [0.1, 0.15) is 28.8 Å². The van der Waals surface area contributed by atoms with E-state index < -0.39 is 18.3 Å². The number of Topliss-reactive ketones (excluding diaryl/α,β-unsaturated/α-hetero) is 1. The maximum atomic E-state index is 14.5. The number of amides is 1. The fourth-order valence-corrected chi connectivity index (χ4v) is 5.26. The zero-order valence-corrected chi connectivity index (χ0v) is 22.5. The molecule has 1 N–H and O–H groups in total. The van der Waals surface area contributed by atoms with Gasteiger partial charge in [0, 0.05) is 48.8 Å². The number of ketones is 1. The third-order valence-corrected chi connectivity index (χ3v) is 7.17. The molecule has 1 fully saturated rings. The third-order valence-electron chi connectivity index (χ3n) is 6.73. The van der Waals surface area contributed by atoms with Crippen molar-refractivity contribution in [3.05, 3.63) is 70.6 Å². The van der Waals surface area contributed by atoms with Gasteiger partial charge in [0.05, 0.1) is 24.2 Å². The Balaban J connectivity index is 1.40. The van der Waals surface area contributed by atoms with Gasteiger partial charge in [-0.2, -0.15) is 5.10 Å². The highest BCUT2D eigenvalue weighted by atomic mass is 79.9. The molecule has 1 aliphatic rings. The van der Waals surface area contributed by atoms with Gasteiger partial charge in [0.15, 0.2) is 5.78 Å². The van der Waals surface area contributed by atoms with Crippen molar-refractivity contribution in [2.24, 2.45) is 0 Å². The topological polar surface area (TPSA) is 114 Å². The quantitative estimate of drug-likeness (QED) is 0.262. The van der Waals surface area contributed by atoms with Crippen LogP contribution in [0.4, 0.5) is 4.39 Å². The number of carbonyl (C=O) groups is 2. The van der Waals surface area contributed by atoms with Crippen LogP contribution >= 0.6 is 15.9 Å². The molecule has 0 spiro atoms. The highest BCUT2D eigenvalue weighted by Crippen LogP contribution is 2.28. The lowest BCUT2D eigenvalue weighted by molar-refractivity contribution is -0.135. The van der Waals surface area contributed by atoms with Gasteiger partial charge >= 0.3 is 0 Å². The number of aromatic nitrogens is 5. The number of aliphatic hydroxyl groups is 1. The van der Waals surface area contributed by atoms with E-state index in [0.29, 0.717) is 27.0 Å². The second-order valence-electron chi connectivity index (χ2n) is 9.48. The SMILES string of the molecule is CC(=O)c1nn(CC(=O)N2C[C@H](F)C[C@H]2[C@H](O)Cc2cccc(Br)n2)c2ccc(-c3cnc(C)nc3)cc12. The van der Waals surface area contributed by atoms with Crippen molar-refractivity contribution in [3.8, 4) is 11.1 Å². The number of benzene rings is 1. The summed E-state index contributed by atoms with van der Waals surface area (Å²) in [6.07, 6.45) is 1.42. The molecule has 0 radical (unpaired) electrons. The van der Waals surface area contributed by atoms with Crippen molar-refractivity contribution in [3.63, 3.8) is 0 Å². The molecular weight excluding hydrogens is 555 g/mol. The number of hydrogen-bond donors (Lipinski definition) is 1. The second kappa shape index (κ2) is 10.7. The predicted molar refractivity (Wildman–Crippen MR) is 142 cm³/mol. The lowest BCUT2D eigenvalue weighted by Crippen LogP contribution is -2.45. The Labute approximate surface area is 226 Å². The Morgan fingerprint density at radius 3 is 2.66 bits per heavy atom. The minimum Gasteiger partial charge on any atom is -0.391 e. The molecule has 196 valence electrons. The Kier molecular flexibility index (Phi) is 7.31. The standard InChI is InChI=1S/C27H26BrFN6O3/c1-15(36)27-21-8-17(18-11-30-16(2)31-12-18)6-7-22(21)35(33-27)14-26(38)34-13-19(29)9-23(34)24(37)10-20-4-3-5-25(28)32-20/h3-8,11-12,19,23-24,37H,9-10,13-14H2,1-2H3/t19-,23+,24-/m1/s1. The number of aryl methyl sites for hydroxylation is 1. The van der Waals surface area contributed by atoms with Crippen LogP contribution in [0.25, 0.3) is 22.0 Å². The molecule has 3 aromatic heterocycles. The fraction of sp³-hybridized carbons (Fsp3) is 0.333. The van der Waals surface area contributed by atoms with Crippen LogP contribution in [-0.2, 0) is 17.8 Å². The molecular formula is C27H26BrFN6O3. The Morgan fingerprint density at radius 1 is 1.18 bits per heavy atom. The van der Waals surface area contributed by atoms with Crippen molar-refractivity contribution >= 4 is 38.5 Å². The van der Waals surface area contributed by atoms with Crippen LogP contribution in [0.2, 0.25) is 0 Å². The molecule has 0 saturated carbocycles. The Morgan fingerprint density at radius 2 is 1.95 bits per heavy atom. The van der Waals surface area contributed by atoms with E-state index in [1.807, 2.05) is 12.1 Å². The van der Waals surface area contributed by atoms with E-state index in [-0.39, 0.29) is 43.3 Å². The molecule has 5 rings (SSSR count). The van der Waals surface area contributed by atoms with Crippen molar-refractivity contribution in [2.45, 2.75) is 51.6 Å². The average Bonchev–Trinajstić information content (AvgIpc) is 3.45. The number of alkyl halides is 1. The first-order valence-electron chi connectivity index (χ1n) is 12.2. The van der Waals surface area contributed by atoms with Gasteiger partial charge in [0.25, 0.3) is 0 Å². The predicted octanol–water partition coefficient (Wildman–Crippen LogP) is 3.70. The molecule has 0 bridgehead atoms. The fourth-order valence-electron chi connectivity index (χ4n) is 4.88. The first-order valence-corrected chi connectivity index (χ1v) is 13.0. The van der Waals surface area contributed by atoms with Crippen molar-refractivity contribution < 1.29 is 19.1 Å². The monoisotopic (exact) mass is 580 g/mol. The van der Waals surface area contributed by atoms with Gasteiger partial charge in [-0.15, -0.1) is 0 Å². The maximum Gasteiger partial charge on any atom is 0.244 e. The summed E-state index contributed by atoms with van der Waals surface area (Å²) < 4.78 is 16.6. The van der Waals surface area contributed by atoms with Crippen LogP contribution in [0.5, 0.6) is 0 Å². The van der Waals surface area contributed by atoms with Crippen molar-refractivity contribution in [1.82, 2.24) is 29.6 Å². The normalized spacial score (nSPS) is 18.2. The van der Waals surface area contributed by atoms with Gasteiger partial charge in [0.2, 0.25) is 5.91 Å².